The molecule has 0 atom stereocenters. The zero-order valence-corrected chi connectivity index (χ0v) is 19.0. The summed E-state index contributed by atoms with van der Waals surface area (Å²) in [7, 11) is 4.60. The molecule has 0 bridgehead atoms. The number of ether oxygens (including phenoxy) is 3. The largest absolute Gasteiger partial charge is 0.497 e. The third-order valence-electron chi connectivity index (χ3n) is 5.92. The van der Waals surface area contributed by atoms with Gasteiger partial charge in [-0.05, 0) is 53.6 Å². The van der Waals surface area contributed by atoms with E-state index in [0.717, 1.165) is 4.90 Å². The highest BCUT2D eigenvalue weighted by atomic mass is 16.5. The van der Waals surface area contributed by atoms with E-state index in [4.69, 9.17) is 14.2 Å². The monoisotopic (exact) mass is 460 g/mol. The molecule has 34 heavy (non-hydrogen) atoms. The van der Waals surface area contributed by atoms with Crippen LogP contribution in [-0.2, 0) is 16.9 Å². The Morgan fingerprint density at radius 2 is 1.38 bits per heavy atom. The van der Waals surface area contributed by atoms with Gasteiger partial charge in [-0.25, -0.2) is 4.79 Å². The average molecular weight is 460 g/mol. The maximum Gasteiger partial charge on any atom is 0.325 e. The number of hydrogen-bond donors (Lipinski definition) is 1. The number of imide groups is 1. The minimum absolute atomic E-state index is 0.0659. The first-order valence-corrected chi connectivity index (χ1v) is 10.5. The van der Waals surface area contributed by atoms with Crippen molar-refractivity contribution in [3.05, 3.63) is 89.0 Å². The average Bonchev–Trinajstić information content (AvgIpc) is 3.14. The highest BCUT2D eigenvalue weighted by molar-refractivity contribution is 6.09. The molecule has 8 heteroatoms. The number of amides is 3. The SMILES string of the molecule is COc1ccc(C2(c3ccc(OC)cc3)NC(=O)N(Cc3cc(C=O)ccc3OC)C2=O)cc1. The summed E-state index contributed by atoms with van der Waals surface area (Å²) in [6, 6.07) is 18.2. The highest BCUT2D eigenvalue weighted by Gasteiger charge is 2.53. The van der Waals surface area contributed by atoms with Gasteiger partial charge in [0.05, 0.1) is 27.9 Å². The summed E-state index contributed by atoms with van der Waals surface area (Å²) in [5, 5.41) is 2.91. The van der Waals surface area contributed by atoms with Crippen LogP contribution >= 0.6 is 0 Å². The molecule has 0 unspecified atom stereocenters. The number of benzene rings is 3. The van der Waals surface area contributed by atoms with E-state index in [0.29, 0.717) is 45.8 Å². The normalized spacial score (nSPS) is 14.5. The second kappa shape index (κ2) is 9.27. The molecule has 0 spiro atoms. The standard InChI is InChI=1S/C26H24N2O6/c1-32-21-9-5-19(6-10-21)26(20-7-11-22(33-2)12-8-20)24(30)28(25(31)27-26)15-18-14-17(16-29)4-13-23(18)34-3/h4-14,16H,15H2,1-3H3,(H,27,31). The Kier molecular flexibility index (Phi) is 6.23. The molecule has 3 aromatic carbocycles. The fraction of sp³-hybridized carbons (Fsp3) is 0.192. The van der Waals surface area contributed by atoms with Crippen molar-refractivity contribution in [1.29, 1.82) is 0 Å². The van der Waals surface area contributed by atoms with Gasteiger partial charge in [0.25, 0.3) is 5.91 Å². The van der Waals surface area contributed by atoms with Gasteiger partial charge in [-0.3, -0.25) is 14.5 Å². The van der Waals surface area contributed by atoms with Gasteiger partial charge in [0, 0.05) is 11.1 Å². The molecule has 4 rings (SSSR count). The number of nitrogens with one attached hydrogen (secondary N) is 1. The second-order valence-electron chi connectivity index (χ2n) is 7.72. The first kappa shape index (κ1) is 22.8. The molecule has 3 aromatic rings. The van der Waals surface area contributed by atoms with Crippen molar-refractivity contribution in [2.75, 3.05) is 21.3 Å². The Balaban J connectivity index is 1.81. The molecule has 1 N–H and O–H groups in total. The summed E-state index contributed by atoms with van der Waals surface area (Å²) < 4.78 is 15.9. The lowest BCUT2D eigenvalue weighted by atomic mass is 9.82. The zero-order chi connectivity index (χ0) is 24.3. The number of nitrogens with zero attached hydrogens (tertiary/aromatic N) is 1. The molecule has 1 heterocycles. The van der Waals surface area contributed by atoms with E-state index in [9.17, 15) is 14.4 Å². The summed E-state index contributed by atoms with van der Waals surface area (Å²) in [6.45, 7) is -0.0659. The Bertz CT molecular complexity index is 1170. The van der Waals surface area contributed by atoms with E-state index < -0.39 is 17.5 Å². The van der Waals surface area contributed by atoms with Gasteiger partial charge in [-0.15, -0.1) is 0 Å². The summed E-state index contributed by atoms with van der Waals surface area (Å²) in [5.41, 5.74) is 0.654. The van der Waals surface area contributed by atoms with Crippen molar-refractivity contribution in [2.24, 2.45) is 0 Å². The Morgan fingerprint density at radius 3 is 1.85 bits per heavy atom. The van der Waals surface area contributed by atoms with Gasteiger partial charge in [-0.2, -0.15) is 0 Å². The number of carbonyl (C=O) groups is 3. The van der Waals surface area contributed by atoms with Crippen LogP contribution in [0.15, 0.2) is 66.7 Å². The van der Waals surface area contributed by atoms with Crippen LogP contribution in [0, 0.1) is 0 Å². The molecule has 1 fully saturated rings. The molecule has 1 aliphatic heterocycles. The van der Waals surface area contributed by atoms with Crippen LogP contribution in [0.3, 0.4) is 0 Å². The lowest BCUT2D eigenvalue weighted by molar-refractivity contribution is -0.130. The second-order valence-corrected chi connectivity index (χ2v) is 7.72. The molecule has 1 saturated heterocycles. The molecule has 8 nitrogen and oxygen atoms in total. The van der Waals surface area contributed by atoms with Crippen molar-refractivity contribution >= 4 is 18.2 Å². The van der Waals surface area contributed by atoms with Gasteiger partial charge < -0.3 is 19.5 Å². The van der Waals surface area contributed by atoms with Crippen LogP contribution in [0.25, 0.3) is 0 Å². The molecular formula is C26H24N2O6. The maximum atomic E-state index is 14.0. The van der Waals surface area contributed by atoms with Gasteiger partial charge >= 0.3 is 6.03 Å². The van der Waals surface area contributed by atoms with Gasteiger partial charge in [0.1, 0.15) is 23.5 Å². The smallest absolute Gasteiger partial charge is 0.325 e. The molecule has 0 saturated carbocycles. The molecule has 0 aliphatic carbocycles. The fourth-order valence-electron chi connectivity index (χ4n) is 4.13. The topological polar surface area (TPSA) is 94.2 Å². The lowest BCUT2D eigenvalue weighted by Crippen LogP contribution is -2.45. The molecule has 3 amide bonds. The Hall–Kier alpha value is -4.33. The van der Waals surface area contributed by atoms with Crippen molar-refractivity contribution in [1.82, 2.24) is 10.2 Å². The zero-order valence-electron chi connectivity index (χ0n) is 19.0. The predicted molar refractivity (Wildman–Crippen MR) is 124 cm³/mol. The molecule has 174 valence electrons. The minimum Gasteiger partial charge on any atom is -0.497 e. The van der Waals surface area contributed by atoms with Crippen LogP contribution in [0.5, 0.6) is 17.2 Å². The molecule has 0 aromatic heterocycles. The highest BCUT2D eigenvalue weighted by Crippen LogP contribution is 2.38. The van der Waals surface area contributed by atoms with E-state index in [-0.39, 0.29) is 6.54 Å². The van der Waals surface area contributed by atoms with Crippen LogP contribution < -0.4 is 19.5 Å². The molecular weight excluding hydrogens is 436 g/mol. The summed E-state index contributed by atoms with van der Waals surface area (Å²) in [5.74, 6) is 1.26. The van der Waals surface area contributed by atoms with E-state index >= 15 is 0 Å². The fourth-order valence-corrected chi connectivity index (χ4v) is 4.13. The number of rotatable bonds is 8. The van der Waals surface area contributed by atoms with Crippen LogP contribution in [0.1, 0.15) is 27.0 Å². The minimum atomic E-state index is -1.45. The maximum absolute atomic E-state index is 14.0. The van der Waals surface area contributed by atoms with E-state index in [1.807, 2.05) is 0 Å². The quantitative estimate of drug-likeness (QED) is 0.408. The predicted octanol–water partition coefficient (Wildman–Crippen LogP) is 3.52. The number of methoxy groups -OCH3 is 3. The summed E-state index contributed by atoms with van der Waals surface area (Å²) in [4.78, 5) is 39.6. The lowest BCUT2D eigenvalue weighted by Gasteiger charge is -2.28. The van der Waals surface area contributed by atoms with Crippen LogP contribution in [0.2, 0.25) is 0 Å². The Labute approximate surface area is 197 Å². The first-order chi connectivity index (χ1) is 16.5. The van der Waals surface area contributed by atoms with E-state index in [2.05, 4.69) is 5.32 Å². The number of carbonyl (C=O) groups excluding carboxylic acids is 3. The number of urea groups is 1. The van der Waals surface area contributed by atoms with Gasteiger partial charge in [-0.1, -0.05) is 24.3 Å². The van der Waals surface area contributed by atoms with Crippen LogP contribution in [0.4, 0.5) is 4.79 Å². The molecule has 0 radical (unpaired) electrons. The van der Waals surface area contributed by atoms with Crippen molar-refractivity contribution in [3.8, 4) is 17.2 Å². The molecule has 1 aliphatic rings. The first-order valence-electron chi connectivity index (χ1n) is 10.5. The van der Waals surface area contributed by atoms with Crippen molar-refractivity contribution in [2.45, 2.75) is 12.1 Å². The third-order valence-corrected chi connectivity index (χ3v) is 5.92. The van der Waals surface area contributed by atoms with E-state index in [1.54, 1.807) is 80.9 Å². The van der Waals surface area contributed by atoms with Crippen molar-refractivity contribution in [3.63, 3.8) is 0 Å². The van der Waals surface area contributed by atoms with Gasteiger partial charge in [0.15, 0.2) is 5.54 Å². The number of aldehydes is 1. The van der Waals surface area contributed by atoms with Gasteiger partial charge in [0.2, 0.25) is 0 Å². The summed E-state index contributed by atoms with van der Waals surface area (Å²) >= 11 is 0. The van der Waals surface area contributed by atoms with E-state index in [1.165, 1.54) is 7.11 Å². The van der Waals surface area contributed by atoms with Crippen LogP contribution in [-0.4, -0.2) is 44.5 Å². The van der Waals surface area contributed by atoms with Crippen molar-refractivity contribution < 1.29 is 28.6 Å². The third kappa shape index (κ3) is 3.83. The Morgan fingerprint density at radius 1 is 0.824 bits per heavy atom. The number of hydrogen-bond acceptors (Lipinski definition) is 6. The summed E-state index contributed by atoms with van der Waals surface area (Å²) in [6.07, 6.45) is 0.702.